The van der Waals surface area contributed by atoms with Crippen molar-refractivity contribution in [3.05, 3.63) is 88.4 Å². The number of aromatic amines is 1. The van der Waals surface area contributed by atoms with E-state index < -0.39 is 0 Å². The second-order valence-corrected chi connectivity index (χ2v) is 9.88. The van der Waals surface area contributed by atoms with Gasteiger partial charge in [0.15, 0.2) is 0 Å². The maximum absolute atomic E-state index is 9.86. The van der Waals surface area contributed by atoms with E-state index in [4.69, 9.17) is 0 Å². The van der Waals surface area contributed by atoms with E-state index in [-0.39, 0.29) is 6.61 Å². The highest BCUT2D eigenvalue weighted by atomic mass is 16.3. The van der Waals surface area contributed by atoms with Crippen LogP contribution < -0.4 is 5.32 Å². The van der Waals surface area contributed by atoms with Crippen molar-refractivity contribution < 1.29 is 5.11 Å². The van der Waals surface area contributed by atoms with Crippen molar-refractivity contribution in [2.75, 3.05) is 44.6 Å². The summed E-state index contributed by atoms with van der Waals surface area (Å²) in [5.41, 5.74) is 8.62. The van der Waals surface area contributed by atoms with Crippen molar-refractivity contribution in [2.45, 2.75) is 20.4 Å². The minimum Gasteiger partial charge on any atom is -0.395 e. The van der Waals surface area contributed by atoms with Gasteiger partial charge in [-0.15, -0.1) is 0 Å². The van der Waals surface area contributed by atoms with Crippen LogP contribution in [0, 0.1) is 25.2 Å². The highest BCUT2D eigenvalue weighted by Gasteiger charge is 2.17. The van der Waals surface area contributed by atoms with Crippen molar-refractivity contribution in [3.8, 4) is 6.07 Å². The second-order valence-electron chi connectivity index (χ2n) is 9.88. The van der Waals surface area contributed by atoms with E-state index in [1.54, 1.807) is 6.20 Å². The maximum atomic E-state index is 9.86. The van der Waals surface area contributed by atoms with Gasteiger partial charge in [-0.2, -0.15) is 5.26 Å². The molecular weight excluding hydrogens is 472 g/mol. The Labute approximate surface area is 224 Å². The van der Waals surface area contributed by atoms with Gasteiger partial charge in [-0.25, -0.2) is 0 Å². The first-order chi connectivity index (χ1) is 18.6. The Morgan fingerprint density at radius 2 is 1.89 bits per heavy atom. The molecule has 0 aliphatic carbocycles. The summed E-state index contributed by atoms with van der Waals surface area (Å²) >= 11 is 0. The van der Waals surface area contributed by atoms with Crippen LogP contribution in [0.4, 0.5) is 11.4 Å². The molecule has 1 aliphatic heterocycles. The summed E-state index contributed by atoms with van der Waals surface area (Å²) in [6, 6.07) is 17.1. The number of nitriles is 1. The average molecular weight is 507 g/mol. The Balaban J connectivity index is 1.38. The van der Waals surface area contributed by atoms with E-state index in [1.807, 2.05) is 19.2 Å². The molecule has 1 saturated heterocycles. The number of pyridine rings is 1. The molecule has 0 radical (unpaired) electrons. The van der Waals surface area contributed by atoms with E-state index >= 15 is 0 Å². The standard InChI is InChI=1S/C31H34N6O/c1-22-27-10-11-33-30(27)9-8-29(22)35-31-26(19-32)20-34-23(2)28(31)7-6-24-4-3-5-25(18-24)21-37-14-12-36(13-15-37)16-17-38/h3-11,18,20,33,38H,12-17,21H2,1-2H3,(H,34,35)/b7-6+. The number of aliphatic hydroxyl groups excluding tert-OH is 1. The molecule has 38 heavy (non-hydrogen) atoms. The molecule has 0 unspecified atom stereocenters. The Hall–Kier alpha value is -3.96. The summed E-state index contributed by atoms with van der Waals surface area (Å²) in [7, 11) is 0. The molecule has 0 spiro atoms. The lowest BCUT2D eigenvalue weighted by Gasteiger charge is -2.34. The fourth-order valence-electron chi connectivity index (χ4n) is 5.14. The van der Waals surface area contributed by atoms with E-state index in [0.717, 1.165) is 83.9 Å². The molecule has 1 aliphatic rings. The maximum Gasteiger partial charge on any atom is 0.103 e. The van der Waals surface area contributed by atoms with E-state index in [0.29, 0.717) is 5.56 Å². The highest BCUT2D eigenvalue weighted by Crippen LogP contribution is 2.32. The fraction of sp³-hybridized carbons (Fsp3) is 0.290. The van der Waals surface area contributed by atoms with E-state index in [9.17, 15) is 10.4 Å². The van der Waals surface area contributed by atoms with Crippen LogP contribution in [0.15, 0.2) is 54.9 Å². The number of aryl methyl sites for hydroxylation is 2. The number of β-amino-alcohol motifs (C(OH)–C–C–N with tert-alkyl or cyclic N) is 1. The summed E-state index contributed by atoms with van der Waals surface area (Å²) in [5.74, 6) is 0. The Morgan fingerprint density at radius 1 is 1.08 bits per heavy atom. The number of nitrogens with zero attached hydrogens (tertiary/aromatic N) is 4. The van der Waals surface area contributed by atoms with Gasteiger partial charge in [0.2, 0.25) is 0 Å². The van der Waals surface area contributed by atoms with Gasteiger partial charge in [0, 0.05) is 79.5 Å². The lowest BCUT2D eigenvalue weighted by Crippen LogP contribution is -2.46. The summed E-state index contributed by atoms with van der Waals surface area (Å²) in [6.45, 7) is 9.96. The quantitative estimate of drug-likeness (QED) is 0.309. The number of rotatable bonds is 8. The molecule has 194 valence electrons. The summed E-state index contributed by atoms with van der Waals surface area (Å²) < 4.78 is 0. The molecule has 7 nitrogen and oxygen atoms in total. The minimum absolute atomic E-state index is 0.222. The Morgan fingerprint density at radius 3 is 2.68 bits per heavy atom. The molecule has 4 aromatic rings. The van der Waals surface area contributed by atoms with Gasteiger partial charge in [-0.1, -0.05) is 36.4 Å². The van der Waals surface area contributed by atoms with Crippen LogP contribution in [0.1, 0.15) is 33.5 Å². The molecule has 3 N–H and O–H groups in total. The van der Waals surface area contributed by atoms with Crippen LogP contribution in [0.5, 0.6) is 0 Å². The van der Waals surface area contributed by atoms with E-state index in [1.165, 1.54) is 5.56 Å². The zero-order valence-corrected chi connectivity index (χ0v) is 22.0. The zero-order valence-electron chi connectivity index (χ0n) is 22.0. The molecule has 2 aromatic heterocycles. The van der Waals surface area contributed by atoms with Gasteiger partial charge in [0.25, 0.3) is 0 Å². The molecule has 7 heteroatoms. The van der Waals surface area contributed by atoms with Crippen LogP contribution in [0.3, 0.4) is 0 Å². The molecule has 0 saturated carbocycles. The number of piperazine rings is 1. The van der Waals surface area contributed by atoms with Gasteiger partial charge in [-0.05, 0) is 48.7 Å². The fourth-order valence-corrected chi connectivity index (χ4v) is 5.14. The van der Waals surface area contributed by atoms with Crippen molar-refractivity contribution in [2.24, 2.45) is 0 Å². The number of hydrogen-bond donors (Lipinski definition) is 3. The summed E-state index contributed by atoms with van der Waals surface area (Å²) in [4.78, 5) is 12.5. The number of aromatic nitrogens is 2. The van der Waals surface area contributed by atoms with Crippen molar-refractivity contribution in [1.82, 2.24) is 19.8 Å². The number of benzene rings is 2. The number of fused-ring (bicyclic) bond motifs is 1. The number of H-pyrrole nitrogens is 1. The molecular formula is C31H34N6O. The number of anilines is 2. The largest absolute Gasteiger partial charge is 0.395 e. The highest BCUT2D eigenvalue weighted by molar-refractivity contribution is 5.90. The third-order valence-corrected chi connectivity index (χ3v) is 7.38. The van der Waals surface area contributed by atoms with Crippen molar-refractivity contribution in [3.63, 3.8) is 0 Å². The topological polar surface area (TPSA) is 91.2 Å². The van der Waals surface area contributed by atoms with Crippen LogP contribution in [0.25, 0.3) is 23.1 Å². The summed E-state index contributed by atoms with van der Waals surface area (Å²) in [5, 5.41) is 23.7. The SMILES string of the molecule is Cc1ncc(C#N)c(Nc2ccc3[nH]ccc3c2C)c1/C=C/c1cccc(CN2CCN(CCO)CC2)c1. The molecule has 0 amide bonds. The predicted molar refractivity (Wildman–Crippen MR) is 154 cm³/mol. The number of aliphatic hydroxyl groups is 1. The first-order valence-corrected chi connectivity index (χ1v) is 13.1. The van der Waals surface area contributed by atoms with Crippen LogP contribution in [-0.2, 0) is 6.54 Å². The lowest BCUT2D eigenvalue weighted by molar-refractivity contribution is 0.108. The van der Waals surface area contributed by atoms with Crippen LogP contribution >= 0.6 is 0 Å². The van der Waals surface area contributed by atoms with Gasteiger partial charge in [0.1, 0.15) is 6.07 Å². The normalized spacial score (nSPS) is 14.8. The van der Waals surface area contributed by atoms with E-state index in [2.05, 4.69) is 86.6 Å². The number of hydrogen-bond acceptors (Lipinski definition) is 6. The molecule has 2 aromatic carbocycles. The molecule has 0 bridgehead atoms. The third kappa shape index (κ3) is 5.63. The first kappa shape index (κ1) is 25.7. The van der Waals surface area contributed by atoms with Crippen LogP contribution in [-0.4, -0.2) is 64.2 Å². The second kappa shape index (κ2) is 11.6. The smallest absolute Gasteiger partial charge is 0.103 e. The average Bonchev–Trinajstić information content (AvgIpc) is 3.41. The Kier molecular flexibility index (Phi) is 7.85. The van der Waals surface area contributed by atoms with Crippen molar-refractivity contribution >= 4 is 34.4 Å². The van der Waals surface area contributed by atoms with Crippen LogP contribution in [0.2, 0.25) is 0 Å². The monoisotopic (exact) mass is 506 g/mol. The number of nitrogens with one attached hydrogen (secondary N) is 2. The Bertz CT molecular complexity index is 1490. The van der Waals surface area contributed by atoms with Gasteiger partial charge in [0.05, 0.1) is 17.9 Å². The minimum atomic E-state index is 0.222. The van der Waals surface area contributed by atoms with Crippen molar-refractivity contribution in [1.29, 1.82) is 5.26 Å². The lowest BCUT2D eigenvalue weighted by atomic mass is 10.0. The van der Waals surface area contributed by atoms with Gasteiger partial charge in [-0.3, -0.25) is 14.8 Å². The first-order valence-electron chi connectivity index (χ1n) is 13.1. The molecule has 3 heterocycles. The predicted octanol–water partition coefficient (Wildman–Crippen LogP) is 5.08. The third-order valence-electron chi connectivity index (χ3n) is 7.38. The van der Waals surface area contributed by atoms with Gasteiger partial charge >= 0.3 is 0 Å². The van der Waals surface area contributed by atoms with Gasteiger partial charge < -0.3 is 15.4 Å². The molecule has 0 atom stereocenters. The summed E-state index contributed by atoms with van der Waals surface area (Å²) in [6.07, 6.45) is 7.74. The molecule has 5 rings (SSSR count). The molecule has 1 fully saturated rings. The zero-order chi connectivity index (χ0) is 26.5.